The number of ketones is 1. The van der Waals surface area contributed by atoms with E-state index in [4.69, 9.17) is 4.74 Å². The number of benzene rings is 1. The van der Waals surface area contributed by atoms with Gasteiger partial charge in [0.15, 0.2) is 5.78 Å². The van der Waals surface area contributed by atoms with Crippen molar-refractivity contribution in [3.8, 4) is 5.75 Å². The summed E-state index contributed by atoms with van der Waals surface area (Å²) in [6.45, 7) is 0.763. The van der Waals surface area contributed by atoms with Crippen molar-refractivity contribution < 1.29 is 9.53 Å². The number of hydrogen-bond donors (Lipinski definition) is 0. The van der Waals surface area contributed by atoms with Crippen LogP contribution in [0.1, 0.15) is 27.9 Å². The molecule has 0 saturated heterocycles. The van der Waals surface area contributed by atoms with Gasteiger partial charge in [-0.25, -0.2) is 9.97 Å². The summed E-state index contributed by atoms with van der Waals surface area (Å²) in [4.78, 5) is 19.7. The third kappa shape index (κ3) is 2.62. The highest BCUT2D eigenvalue weighted by Crippen LogP contribution is 2.26. The molecule has 1 aliphatic heterocycles. The Bertz CT molecular complexity index is 596. The molecule has 2 aromatic rings. The van der Waals surface area contributed by atoms with E-state index in [0.717, 1.165) is 25.2 Å². The van der Waals surface area contributed by atoms with Gasteiger partial charge in [-0.3, -0.25) is 4.79 Å². The van der Waals surface area contributed by atoms with Crippen molar-refractivity contribution in [1.29, 1.82) is 0 Å². The Balaban J connectivity index is 1.65. The second-order valence-corrected chi connectivity index (χ2v) is 4.59. The Morgan fingerprint density at radius 1 is 1.26 bits per heavy atom. The van der Waals surface area contributed by atoms with Gasteiger partial charge in [0.05, 0.1) is 12.2 Å². The Labute approximate surface area is 111 Å². The van der Waals surface area contributed by atoms with Crippen molar-refractivity contribution in [3.63, 3.8) is 0 Å². The SMILES string of the molecule is O=C(CCc1ccc2c(c1)CCO2)c1cncnc1. The fraction of sp³-hybridized carbons (Fsp3) is 0.267. The molecule has 0 bridgehead atoms. The van der Waals surface area contributed by atoms with Crippen LogP contribution in [0.5, 0.6) is 5.75 Å². The topological polar surface area (TPSA) is 52.1 Å². The average Bonchev–Trinajstić information content (AvgIpc) is 2.93. The molecule has 1 aromatic carbocycles. The van der Waals surface area contributed by atoms with Gasteiger partial charge in [-0.05, 0) is 23.6 Å². The first kappa shape index (κ1) is 11.8. The van der Waals surface area contributed by atoms with E-state index >= 15 is 0 Å². The number of aryl methyl sites for hydroxylation is 1. The molecule has 19 heavy (non-hydrogen) atoms. The predicted octanol–water partition coefficient (Wildman–Crippen LogP) is 2.23. The molecular formula is C15H14N2O2. The maximum atomic E-state index is 11.9. The Kier molecular flexibility index (Phi) is 3.23. The number of ether oxygens (including phenoxy) is 1. The molecule has 0 spiro atoms. The lowest BCUT2D eigenvalue weighted by Crippen LogP contribution is -2.02. The van der Waals surface area contributed by atoms with E-state index in [-0.39, 0.29) is 5.78 Å². The molecule has 0 radical (unpaired) electrons. The van der Waals surface area contributed by atoms with Crippen molar-refractivity contribution in [2.75, 3.05) is 6.61 Å². The fourth-order valence-electron chi connectivity index (χ4n) is 2.24. The molecule has 0 N–H and O–H groups in total. The van der Waals surface area contributed by atoms with Gasteiger partial charge in [0.2, 0.25) is 0 Å². The maximum Gasteiger partial charge on any atom is 0.166 e. The quantitative estimate of drug-likeness (QED) is 0.785. The Morgan fingerprint density at radius 3 is 2.95 bits per heavy atom. The van der Waals surface area contributed by atoms with Crippen LogP contribution in [0.25, 0.3) is 0 Å². The number of aromatic nitrogens is 2. The first-order valence-corrected chi connectivity index (χ1v) is 6.36. The van der Waals surface area contributed by atoms with Gasteiger partial charge in [0.25, 0.3) is 0 Å². The number of carbonyl (C=O) groups is 1. The van der Waals surface area contributed by atoms with E-state index in [1.165, 1.54) is 17.5 Å². The summed E-state index contributed by atoms with van der Waals surface area (Å²) in [5.74, 6) is 1.06. The zero-order valence-electron chi connectivity index (χ0n) is 10.5. The molecule has 1 aliphatic rings. The number of fused-ring (bicyclic) bond motifs is 1. The highest BCUT2D eigenvalue weighted by atomic mass is 16.5. The first-order valence-electron chi connectivity index (χ1n) is 6.36. The summed E-state index contributed by atoms with van der Waals surface area (Å²) < 4.78 is 5.46. The van der Waals surface area contributed by atoms with E-state index in [0.29, 0.717) is 12.0 Å². The van der Waals surface area contributed by atoms with Crippen LogP contribution in [0.4, 0.5) is 0 Å². The number of Topliss-reactive ketones (excluding diaryl/α,β-unsaturated/α-hetero) is 1. The van der Waals surface area contributed by atoms with Crippen LogP contribution in [-0.2, 0) is 12.8 Å². The van der Waals surface area contributed by atoms with Crippen LogP contribution in [0.15, 0.2) is 36.9 Å². The molecule has 96 valence electrons. The lowest BCUT2D eigenvalue weighted by molar-refractivity contribution is 0.0982. The summed E-state index contributed by atoms with van der Waals surface area (Å²) in [6.07, 6.45) is 6.73. The van der Waals surface area contributed by atoms with Crippen LogP contribution in [-0.4, -0.2) is 22.4 Å². The molecule has 2 heterocycles. The molecule has 4 nitrogen and oxygen atoms in total. The maximum absolute atomic E-state index is 11.9. The summed E-state index contributed by atoms with van der Waals surface area (Å²) >= 11 is 0. The highest BCUT2D eigenvalue weighted by molar-refractivity contribution is 5.95. The van der Waals surface area contributed by atoms with Crippen LogP contribution < -0.4 is 4.74 Å². The summed E-state index contributed by atoms with van der Waals surface area (Å²) in [5, 5.41) is 0. The van der Waals surface area contributed by atoms with E-state index in [1.807, 2.05) is 12.1 Å². The second kappa shape index (κ2) is 5.18. The van der Waals surface area contributed by atoms with Crippen molar-refractivity contribution in [3.05, 3.63) is 53.6 Å². The minimum atomic E-state index is 0.0809. The van der Waals surface area contributed by atoms with Crippen LogP contribution >= 0.6 is 0 Å². The van der Waals surface area contributed by atoms with Crippen LogP contribution in [0.3, 0.4) is 0 Å². The van der Waals surface area contributed by atoms with Gasteiger partial charge in [-0.15, -0.1) is 0 Å². The lowest BCUT2D eigenvalue weighted by atomic mass is 10.0. The van der Waals surface area contributed by atoms with Gasteiger partial charge in [0.1, 0.15) is 12.1 Å². The van der Waals surface area contributed by atoms with Crippen molar-refractivity contribution in [2.24, 2.45) is 0 Å². The van der Waals surface area contributed by atoms with Crippen LogP contribution in [0, 0.1) is 0 Å². The number of nitrogens with zero attached hydrogens (tertiary/aromatic N) is 2. The molecule has 4 heteroatoms. The first-order chi connectivity index (χ1) is 9.33. The number of hydrogen-bond acceptors (Lipinski definition) is 4. The van der Waals surface area contributed by atoms with Gasteiger partial charge < -0.3 is 4.74 Å². The van der Waals surface area contributed by atoms with Crippen molar-refractivity contribution >= 4 is 5.78 Å². The minimum Gasteiger partial charge on any atom is -0.493 e. The summed E-state index contributed by atoms with van der Waals surface area (Å²) in [5.41, 5.74) is 2.99. The summed E-state index contributed by atoms with van der Waals surface area (Å²) in [6, 6.07) is 6.16. The zero-order chi connectivity index (χ0) is 13.1. The molecule has 3 rings (SSSR count). The van der Waals surface area contributed by atoms with Crippen molar-refractivity contribution in [2.45, 2.75) is 19.3 Å². The van der Waals surface area contributed by atoms with Gasteiger partial charge in [-0.2, -0.15) is 0 Å². The molecule has 0 aliphatic carbocycles. The third-order valence-corrected chi connectivity index (χ3v) is 3.28. The molecule has 0 atom stereocenters. The monoisotopic (exact) mass is 254 g/mol. The average molecular weight is 254 g/mol. The fourth-order valence-corrected chi connectivity index (χ4v) is 2.24. The molecule has 0 unspecified atom stereocenters. The number of rotatable bonds is 4. The molecule has 0 fully saturated rings. The predicted molar refractivity (Wildman–Crippen MR) is 70.3 cm³/mol. The second-order valence-electron chi connectivity index (χ2n) is 4.59. The van der Waals surface area contributed by atoms with Gasteiger partial charge in [0, 0.05) is 25.2 Å². The molecule has 0 saturated carbocycles. The standard InChI is InChI=1S/C15H14N2O2/c18-14(13-8-16-10-17-9-13)3-1-11-2-4-15-12(7-11)5-6-19-15/h2,4,7-10H,1,3,5-6H2. The Morgan fingerprint density at radius 2 is 2.11 bits per heavy atom. The van der Waals surface area contributed by atoms with E-state index < -0.39 is 0 Å². The number of carbonyl (C=O) groups excluding carboxylic acids is 1. The van der Waals surface area contributed by atoms with E-state index in [1.54, 1.807) is 12.4 Å². The highest BCUT2D eigenvalue weighted by Gasteiger charge is 2.13. The third-order valence-electron chi connectivity index (χ3n) is 3.28. The molecular weight excluding hydrogens is 240 g/mol. The van der Waals surface area contributed by atoms with E-state index in [2.05, 4.69) is 16.0 Å². The van der Waals surface area contributed by atoms with Crippen LogP contribution in [0.2, 0.25) is 0 Å². The largest absolute Gasteiger partial charge is 0.493 e. The van der Waals surface area contributed by atoms with Gasteiger partial charge >= 0.3 is 0 Å². The zero-order valence-corrected chi connectivity index (χ0v) is 10.5. The molecule has 1 aromatic heterocycles. The van der Waals surface area contributed by atoms with Crippen molar-refractivity contribution in [1.82, 2.24) is 9.97 Å². The van der Waals surface area contributed by atoms with E-state index in [9.17, 15) is 4.79 Å². The smallest absolute Gasteiger partial charge is 0.166 e. The summed E-state index contributed by atoms with van der Waals surface area (Å²) in [7, 11) is 0. The Hall–Kier alpha value is -2.23. The normalized spacial score (nSPS) is 12.8. The lowest BCUT2D eigenvalue weighted by Gasteiger charge is -2.04. The molecule has 0 amide bonds. The minimum absolute atomic E-state index is 0.0809. The van der Waals surface area contributed by atoms with Gasteiger partial charge in [-0.1, -0.05) is 12.1 Å².